The van der Waals surface area contributed by atoms with E-state index < -0.39 is 0 Å². The topological polar surface area (TPSA) is 24.1 Å². The SMILES string of the molecule is CC1(Nc2ccc(NC3CCCCC3)cc2)CCCCC1. The Kier molecular flexibility index (Phi) is 4.72. The Hall–Kier alpha value is -1.18. The number of hydrogen-bond donors (Lipinski definition) is 2. The number of rotatable bonds is 4. The van der Waals surface area contributed by atoms with E-state index in [1.54, 1.807) is 0 Å². The Morgan fingerprint density at radius 2 is 1.38 bits per heavy atom. The van der Waals surface area contributed by atoms with Crippen LogP contribution in [0.4, 0.5) is 11.4 Å². The van der Waals surface area contributed by atoms with Gasteiger partial charge in [-0.15, -0.1) is 0 Å². The van der Waals surface area contributed by atoms with Gasteiger partial charge in [-0.3, -0.25) is 0 Å². The van der Waals surface area contributed by atoms with Gasteiger partial charge >= 0.3 is 0 Å². The van der Waals surface area contributed by atoms with Gasteiger partial charge in [-0.2, -0.15) is 0 Å². The Morgan fingerprint density at radius 3 is 2.05 bits per heavy atom. The van der Waals surface area contributed by atoms with Gasteiger partial charge in [0, 0.05) is 23.0 Å². The monoisotopic (exact) mass is 286 g/mol. The van der Waals surface area contributed by atoms with Crippen molar-refractivity contribution < 1.29 is 0 Å². The van der Waals surface area contributed by atoms with Crippen molar-refractivity contribution in [2.75, 3.05) is 10.6 Å². The van der Waals surface area contributed by atoms with Crippen LogP contribution in [0.25, 0.3) is 0 Å². The molecule has 0 saturated heterocycles. The van der Waals surface area contributed by atoms with Crippen LogP contribution in [0.15, 0.2) is 24.3 Å². The quantitative estimate of drug-likeness (QED) is 0.756. The van der Waals surface area contributed by atoms with Gasteiger partial charge in [-0.05, 0) is 56.9 Å². The minimum absolute atomic E-state index is 0.302. The van der Waals surface area contributed by atoms with Crippen molar-refractivity contribution in [1.82, 2.24) is 0 Å². The fourth-order valence-electron chi connectivity index (χ4n) is 3.94. The highest BCUT2D eigenvalue weighted by Crippen LogP contribution is 2.31. The second-order valence-corrected chi connectivity index (χ2v) is 7.30. The highest BCUT2D eigenvalue weighted by atomic mass is 15.0. The third-order valence-electron chi connectivity index (χ3n) is 5.26. The van der Waals surface area contributed by atoms with Crippen LogP contribution < -0.4 is 10.6 Å². The Bertz CT molecular complexity index is 425. The molecule has 2 aliphatic carbocycles. The maximum atomic E-state index is 3.76. The molecule has 1 aromatic carbocycles. The van der Waals surface area contributed by atoms with Crippen LogP contribution in [0.5, 0.6) is 0 Å². The molecule has 2 saturated carbocycles. The summed E-state index contributed by atoms with van der Waals surface area (Å²) in [6, 6.07) is 9.65. The molecule has 21 heavy (non-hydrogen) atoms. The summed E-state index contributed by atoms with van der Waals surface area (Å²) in [5.41, 5.74) is 2.85. The predicted octanol–water partition coefficient (Wildman–Crippen LogP) is 5.57. The molecule has 0 atom stereocenters. The highest BCUT2D eigenvalue weighted by Gasteiger charge is 2.26. The lowest BCUT2D eigenvalue weighted by molar-refractivity contribution is 0.349. The van der Waals surface area contributed by atoms with E-state index in [2.05, 4.69) is 41.8 Å². The predicted molar refractivity (Wildman–Crippen MR) is 92.1 cm³/mol. The van der Waals surface area contributed by atoms with Gasteiger partial charge < -0.3 is 10.6 Å². The Balaban J connectivity index is 1.55. The average molecular weight is 286 g/mol. The number of benzene rings is 1. The summed E-state index contributed by atoms with van der Waals surface area (Å²) < 4.78 is 0. The van der Waals surface area contributed by atoms with Gasteiger partial charge in [0.1, 0.15) is 0 Å². The molecule has 2 heteroatoms. The van der Waals surface area contributed by atoms with Crippen LogP contribution in [0.2, 0.25) is 0 Å². The first-order valence-electron chi connectivity index (χ1n) is 8.88. The maximum absolute atomic E-state index is 3.76. The van der Waals surface area contributed by atoms with E-state index in [0.717, 1.165) is 0 Å². The van der Waals surface area contributed by atoms with Crippen LogP contribution in [0.1, 0.15) is 71.1 Å². The second-order valence-electron chi connectivity index (χ2n) is 7.30. The lowest BCUT2D eigenvalue weighted by Crippen LogP contribution is -2.36. The van der Waals surface area contributed by atoms with Crippen molar-refractivity contribution in [2.24, 2.45) is 0 Å². The van der Waals surface area contributed by atoms with E-state index in [1.807, 2.05) is 0 Å². The first-order valence-corrected chi connectivity index (χ1v) is 8.88. The van der Waals surface area contributed by atoms with E-state index in [1.165, 1.54) is 75.6 Å². The van der Waals surface area contributed by atoms with Crippen molar-refractivity contribution in [2.45, 2.75) is 82.7 Å². The highest BCUT2D eigenvalue weighted by molar-refractivity contribution is 5.55. The summed E-state index contributed by atoms with van der Waals surface area (Å²) in [5, 5.41) is 7.45. The van der Waals surface area contributed by atoms with Gasteiger partial charge in [-0.25, -0.2) is 0 Å². The van der Waals surface area contributed by atoms with Gasteiger partial charge in [0.05, 0.1) is 0 Å². The van der Waals surface area contributed by atoms with Crippen LogP contribution in [-0.4, -0.2) is 11.6 Å². The molecule has 0 bridgehead atoms. The molecule has 2 aliphatic rings. The molecule has 0 heterocycles. The lowest BCUT2D eigenvalue weighted by atomic mass is 9.83. The zero-order valence-electron chi connectivity index (χ0n) is 13.5. The number of nitrogens with one attached hydrogen (secondary N) is 2. The van der Waals surface area contributed by atoms with E-state index in [4.69, 9.17) is 0 Å². The largest absolute Gasteiger partial charge is 0.382 e. The molecule has 116 valence electrons. The number of hydrogen-bond acceptors (Lipinski definition) is 2. The van der Waals surface area contributed by atoms with Gasteiger partial charge in [0.25, 0.3) is 0 Å². The third kappa shape index (κ3) is 4.15. The second kappa shape index (κ2) is 6.72. The summed E-state index contributed by atoms with van der Waals surface area (Å²) >= 11 is 0. The van der Waals surface area contributed by atoms with Crippen LogP contribution in [0, 0.1) is 0 Å². The summed E-state index contributed by atoms with van der Waals surface area (Å²) in [6.07, 6.45) is 13.6. The summed E-state index contributed by atoms with van der Waals surface area (Å²) in [7, 11) is 0. The fourth-order valence-corrected chi connectivity index (χ4v) is 3.94. The molecule has 0 spiro atoms. The molecular formula is C19H30N2. The van der Waals surface area contributed by atoms with Crippen molar-refractivity contribution in [3.8, 4) is 0 Å². The summed E-state index contributed by atoms with van der Waals surface area (Å²) in [5.74, 6) is 0. The Morgan fingerprint density at radius 1 is 0.810 bits per heavy atom. The molecular weight excluding hydrogens is 256 g/mol. The maximum Gasteiger partial charge on any atom is 0.0345 e. The Labute approximate surface area is 129 Å². The van der Waals surface area contributed by atoms with Crippen molar-refractivity contribution in [1.29, 1.82) is 0 Å². The van der Waals surface area contributed by atoms with Gasteiger partial charge in [-0.1, -0.05) is 38.5 Å². The van der Waals surface area contributed by atoms with E-state index in [0.29, 0.717) is 11.6 Å². The zero-order chi connectivity index (χ0) is 14.5. The van der Waals surface area contributed by atoms with Gasteiger partial charge in [0.15, 0.2) is 0 Å². The molecule has 1 aromatic rings. The molecule has 0 amide bonds. The summed E-state index contributed by atoms with van der Waals surface area (Å²) in [4.78, 5) is 0. The molecule has 0 unspecified atom stereocenters. The lowest BCUT2D eigenvalue weighted by Gasteiger charge is -2.35. The van der Waals surface area contributed by atoms with Crippen molar-refractivity contribution in [3.05, 3.63) is 24.3 Å². The number of anilines is 2. The standard InChI is InChI=1S/C19H30N2/c1-19(14-6-3-7-15-19)21-18-12-10-17(11-13-18)20-16-8-4-2-5-9-16/h10-13,16,20-21H,2-9,14-15H2,1H3. The van der Waals surface area contributed by atoms with Gasteiger partial charge in [0.2, 0.25) is 0 Å². The van der Waals surface area contributed by atoms with E-state index in [9.17, 15) is 0 Å². The average Bonchev–Trinajstić information content (AvgIpc) is 2.51. The smallest absolute Gasteiger partial charge is 0.0345 e. The minimum Gasteiger partial charge on any atom is -0.382 e. The van der Waals surface area contributed by atoms with Crippen molar-refractivity contribution >= 4 is 11.4 Å². The molecule has 2 fully saturated rings. The van der Waals surface area contributed by atoms with Crippen LogP contribution in [-0.2, 0) is 0 Å². The fraction of sp³-hybridized carbons (Fsp3) is 0.684. The van der Waals surface area contributed by atoms with E-state index >= 15 is 0 Å². The molecule has 2 nitrogen and oxygen atoms in total. The van der Waals surface area contributed by atoms with E-state index in [-0.39, 0.29) is 0 Å². The molecule has 2 N–H and O–H groups in total. The molecule has 0 radical (unpaired) electrons. The molecule has 3 rings (SSSR count). The van der Waals surface area contributed by atoms with Crippen molar-refractivity contribution in [3.63, 3.8) is 0 Å². The zero-order valence-corrected chi connectivity index (χ0v) is 13.5. The first-order chi connectivity index (χ1) is 10.2. The van der Waals surface area contributed by atoms with Crippen LogP contribution >= 0.6 is 0 Å². The molecule has 0 aromatic heterocycles. The minimum atomic E-state index is 0.302. The third-order valence-corrected chi connectivity index (χ3v) is 5.26. The molecule has 0 aliphatic heterocycles. The normalized spacial score (nSPS) is 22.7. The summed E-state index contributed by atoms with van der Waals surface area (Å²) in [6.45, 7) is 2.38. The first kappa shape index (κ1) is 14.7. The van der Waals surface area contributed by atoms with Crippen LogP contribution in [0.3, 0.4) is 0 Å².